The summed E-state index contributed by atoms with van der Waals surface area (Å²) < 4.78 is 2.25. The van der Waals surface area contributed by atoms with Crippen molar-refractivity contribution in [2.45, 2.75) is 51.0 Å². The van der Waals surface area contributed by atoms with E-state index in [4.69, 9.17) is 5.10 Å². The lowest BCUT2D eigenvalue weighted by Crippen LogP contribution is -2.24. The summed E-state index contributed by atoms with van der Waals surface area (Å²) in [6.07, 6.45) is 6.51. The summed E-state index contributed by atoms with van der Waals surface area (Å²) in [4.78, 5) is 1.48. The first-order valence-electron chi connectivity index (χ1n) is 7.70. The second kappa shape index (κ2) is 4.92. The van der Waals surface area contributed by atoms with Crippen LogP contribution in [0.25, 0.3) is 0 Å². The Morgan fingerprint density at radius 3 is 2.90 bits per heavy atom. The minimum Gasteiger partial charge on any atom is -0.370 e. The van der Waals surface area contributed by atoms with E-state index in [1.807, 2.05) is 11.3 Å². The molecule has 0 aromatic carbocycles. The van der Waals surface area contributed by atoms with Crippen molar-refractivity contribution >= 4 is 17.2 Å². The Morgan fingerprint density at radius 2 is 2.15 bits per heavy atom. The third kappa shape index (κ3) is 1.97. The SMILES string of the molecule is Cc1ccsc1C1CCNc2cc(C3CCCC3)nn21. The first-order valence-corrected chi connectivity index (χ1v) is 8.58. The van der Waals surface area contributed by atoms with Crippen LogP contribution in [0.3, 0.4) is 0 Å². The summed E-state index contributed by atoms with van der Waals surface area (Å²) in [5, 5.41) is 10.7. The van der Waals surface area contributed by atoms with E-state index in [1.54, 1.807) is 0 Å². The third-order valence-electron chi connectivity index (χ3n) is 4.75. The summed E-state index contributed by atoms with van der Waals surface area (Å²) in [7, 11) is 0. The van der Waals surface area contributed by atoms with Crippen LogP contribution in [0.5, 0.6) is 0 Å². The highest BCUT2D eigenvalue weighted by Crippen LogP contribution is 2.38. The van der Waals surface area contributed by atoms with Gasteiger partial charge in [0, 0.05) is 23.4 Å². The molecular weight excluding hydrogens is 266 g/mol. The number of thiophene rings is 1. The molecule has 4 heteroatoms. The predicted molar refractivity (Wildman–Crippen MR) is 83.7 cm³/mol. The van der Waals surface area contributed by atoms with Gasteiger partial charge in [0.2, 0.25) is 0 Å². The number of nitrogens with one attached hydrogen (secondary N) is 1. The second-order valence-electron chi connectivity index (χ2n) is 6.08. The lowest BCUT2D eigenvalue weighted by atomic mass is 10.0. The number of anilines is 1. The molecular formula is C16H21N3S. The molecule has 1 aliphatic carbocycles. The van der Waals surface area contributed by atoms with Crippen molar-refractivity contribution in [1.29, 1.82) is 0 Å². The molecule has 0 spiro atoms. The molecule has 2 aromatic heterocycles. The maximum atomic E-state index is 4.97. The molecule has 20 heavy (non-hydrogen) atoms. The lowest BCUT2D eigenvalue weighted by molar-refractivity contribution is 0.478. The standard InChI is InChI=1S/C16H21N3S/c1-11-7-9-20-16(11)14-6-8-17-15-10-13(18-19(14)15)12-4-2-3-5-12/h7,9-10,12,14,17H,2-6,8H2,1H3. The second-order valence-corrected chi connectivity index (χ2v) is 7.03. The van der Waals surface area contributed by atoms with Crippen molar-refractivity contribution in [3.8, 4) is 0 Å². The maximum Gasteiger partial charge on any atom is 0.125 e. The van der Waals surface area contributed by atoms with Gasteiger partial charge < -0.3 is 5.32 Å². The van der Waals surface area contributed by atoms with E-state index in [0.717, 1.165) is 13.0 Å². The number of fused-ring (bicyclic) bond motifs is 1. The van der Waals surface area contributed by atoms with Gasteiger partial charge in [-0.25, -0.2) is 4.68 Å². The van der Waals surface area contributed by atoms with Crippen LogP contribution in [0.4, 0.5) is 5.82 Å². The van der Waals surface area contributed by atoms with Crippen molar-refractivity contribution < 1.29 is 0 Å². The van der Waals surface area contributed by atoms with Gasteiger partial charge in [-0.3, -0.25) is 0 Å². The highest BCUT2D eigenvalue weighted by molar-refractivity contribution is 7.10. The monoisotopic (exact) mass is 287 g/mol. The average Bonchev–Trinajstić information content (AvgIpc) is 3.17. The van der Waals surface area contributed by atoms with Crippen LogP contribution in [-0.2, 0) is 0 Å². The number of nitrogens with zero attached hydrogens (tertiary/aromatic N) is 2. The van der Waals surface area contributed by atoms with Gasteiger partial charge in [-0.2, -0.15) is 5.10 Å². The number of hydrogen-bond acceptors (Lipinski definition) is 3. The van der Waals surface area contributed by atoms with E-state index in [1.165, 1.54) is 47.6 Å². The van der Waals surface area contributed by atoms with Gasteiger partial charge in [-0.1, -0.05) is 12.8 Å². The van der Waals surface area contributed by atoms with Crippen LogP contribution in [0, 0.1) is 6.92 Å². The molecule has 1 aliphatic heterocycles. The Kier molecular flexibility index (Phi) is 3.06. The summed E-state index contributed by atoms with van der Waals surface area (Å²) in [6, 6.07) is 4.95. The van der Waals surface area contributed by atoms with Gasteiger partial charge in [0.25, 0.3) is 0 Å². The summed E-state index contributed by atoms with van der Waals surface area (Å²) in [6.45, 7) is 3.27. The molecule has 1 fully saturated rings. The van der Waals surface area contributed by atoms with Gasteiger partial charge in [0.05, 0.1) is 11.7 Å². The van der Waals surface area contributed by atoms with Crippen molar-refractivity contribution in [3.63, 3.8) is 0 Å². The van der Waals surface area contributed by atoms with Crippen molar-refractivity contribution in [2.24, 2.45) is 0 Å². The zero-order valence-corrected chi connectivity index (χ0v) is 12.7. The first-order chi connectivity index (χ1) is 9.83. The van der Waals surface area contributed by atoms with Gasteiger partial charge in [0.15, 0.2) is 0 Å². The van der Waals surface area contributed by atoms with Crippen LogP contribution >= 0.6 is 11.3 Å². The quantitative estimate of drug-likeness (QED) is 0.891. The number of aryl methyl sites for hydroxylation is 1. The largest absolute Gasteiger partial charge is 0.370 e. The van der Waals surface area contributed by atoms with Crippen molar-refractivity contribution in [3.05, 3.63) is 33.6 Å². The molecule has 0 saturated heterocycles. The molecule has 1 unspecified atom stereocenters. The molecule has 4 rings (SSSR count). The maximum absolute atomic E-state index is 4.97. The van der Waals surface area contributed by atoms with Gasteiger partial charge in [-0.05, 0) is 43.2 Å². The van der Waals surface area contributed by atoms with Crippen LogP contribution in [0.15, 0.2) is 17.5 Å². The molecule has 0 radical (unpaired) electrons. The lowest BCUT2D eigenvalue weighted by Gasteiger charge is -2.25. The zero-order valence-electron chi connectivity index (χ0n) is 11.9. The van der Waals surface area contributed by atoms with Gasteiger partial charge in [0.1, 0.15) is 5.82 Å². The highest BCUT2D eigenvalue weighted by Gasteiger charge is 2.28. The smallest absolute Gasteiger partial charge is 0.125 e. The fraction of sp³-hybridized carbons (Fsp3) is 0.562. The molecule has 0 bridgehead atoms. The molecule has 106 valence electrons. The molecule has 2 aliphatic rings. The van der Waals surface area contributed by atoms with Crippen LogP contribution < -0.4 is 5.32 Å². The van der Waals surface area contributed by atoms with Gasteiger partial charge in [-0.15, -0.1) is 11.3 Å². The van der Waals surface area contributed by atoms with Crippen LogP contribution in [-0.4, -0.2) is 16.3 Å². The average molecular weight is 287 g/mol. The van der Waals surface area contributed by atoms with Crippen LogP contribution in [0.1, 0.15) is 60.2 Å². The minimum absolute atomic E-state index is 0.432. The minimum atomic E-state index is 0.432. The summed E-state index contributed by atoms with van der Waals surface area (Å²) in [5.41, 5.74) is 2.72. The Balaban J connectivity index is 1.71. The number of rotatable bonds is 2. The number of hydrogen-bond donors (Lipinski definition) is 1. The zero-order chi connectivity index (χ0) is 13.5. The molecule has 3 heterocycles. The Labute approximate surface area is 124 Å². The van der Waals surface area contributed by atoms with Crippen molar-refractivity contribution in [2.75, 3.05) is 11.9 Å². The summed E-state index contributed by atoms with van der Waals surface area (Å²) in [5.74, 6) is 1.91. The summed E-state index contributed by atoms with van der Waals surface area (Å²) >= 11 is 1.87. The molecule has 1 saturated carbocycles. The molecule has 0 amide bonds. The third-order valence-corrected chi connectivity index (χ3v) is 5.87. The van der Waals surface area contributed by atoms with E-state index in [0.29, 0.717) is 12.0 Å². The molecule has 1 atom stereocenters. The van der Waals surface area contributed by atoms with E-state index >= 15 is 0 Å². The fourth-order valence-corrected chi connectivity index (χ4v) is 4.68. The van der Waals surface area contributed by atoms with E-state index in [-0.39, 0.29) is 0 Å². The molecule has 1 N–H and O–H groups in total. The Bertz CT molecular complexity index is 607. The van der Waals surface area contributed by atoms with Crippen LogP contribution in [0.2, 0.25) is 0 Å². The van der Waals surface area contributed by atoms with Crippen molar-refractivity contribution in [1.82, 2.24) is 9.78 Å². The first kappa shape index (κ1) is 12.5. The Morgan fingerprint density at radius 1 is 1.30 bits per heavy atom. The molecule has 2 aromatic rings. The highest BCUT2D eigenvalue weighted by atomic mass is 32.1. The predicted octanol–water partition coefficient (Wildman–Crippen LogP) is 4.32. The van der Waals surface area contributed by atoms with E-state index < -0.39 is 0 Å². The normalized spacial score (nSPS) is 22.8. The van der Waals surface area contributed by atoms with Gasteiger partial charge >= 0.3 is 0 Å². The number of aromatic nitrogens is 2. The van der Waals surface area contributed by atoms with E-state index in [9.17, 15) is 0 Å². The Hall–Kier alpha value is -1.29. The fourth-order valence-electron chi connectivity index (χ4n) is 3.63. The van der Waals surface area contributed by atoms with E-state index in [2.05, 4.69) is 34.4 Å². The molecule has 3 nitrogen and oxygen atoms in total. The topological polar surface area (TPSA) is 29.9 Å².